The molecule has 0 aliphatic carbocycles. The van der Waals surface area contributed by atoms with E-state index in [0.717, 1.165) is 22.2 Å². The standard InChI is InChI=1S/C24H17N2/c1-3-7-17(8-4-1)19-13-15-25-23-21(19)11-12-22-20(14-16-26-24(22)23)18-9-5-2-6-10-18/h1-15H,16H2/q-1. The summed E-state index contributed by atoms with van der Waals surface area (Å²) >= 11 is 0. The van der Waals surface area contributed by atoms with Crippen LogP contribution >= 0.6 is 0 Å². The lowest BCUT2D eigenvalue weighted by Gasteiger charge is -2.31. The molecule has 1 aliphatic heterocycles. The Balaban J connectivity index is 1.73. The van der Waals surface area contributed by atoms with Crippen LogP contribution in [0.15, 0.2) is 91.1 Å². The highest BCUT2D eigenvalue weighted by Crippen LogP contribution is 2.43. The van der Waals surface area contributed by atoms with Crippen molar-refractivity contribution in [2.45, 2.75) is 0 Å². The molecule has 3 aromatic carbocycles. The van der Waals surface area contributed by atoms with Gasteiger partial charge in [-0.05, 0) is 33.9 Å². The number of rotatable bonds is 2. The van der Waals surface area contributed by atoms with Gasteiger partial charge < -0.3 is 5.32 Å². The molecule has 2 heteroatoms. The Morgan fingerprint density at radius 3 is 2.19 bits per heavy atom. The van der Waals surface area contributed by atoms with E-state index in [1.54, 1.807) is 0 Å². The first-order valence-corrected chi connectivity index (χ1v) is 8.82. The molecule has 0 atom stereocenters. The molecule has 0 amide bonds. The molecule has 0 unspecified atom stereocenters. The summed E-state index contributed by atoms with van der Waals surface area (Å²) in [6.45, 7) is 0.688. The maximum Gasteiger partial charge on any atom is 0.0565 e. The second-order valence-corrected chi connectivity index (χ2v) is 6.41. The van der Waals surface area contributed by atoms with Gasteiger partial charge in [-0.15, -0.1) is 12.2 Å². The predicted molar refractivity (Wildman–Crippen MR) is 109 cm³/mol. The molecular formula is C24H17N2-. The molecule has 0 fully saturated rings. The molecule has 2 nitrogen and oxygen atoms in total. The van der Waals surface area contributed by atoms with E-state index in [2.05, 4.69) is 77.8 Å². The first-order chi connectivity index (χ1) is 12.9. The van der Waals surface area contributed by atoms with E-state index in [1.807, 2.05) is 18.3 Å². The highest BCUT2D eigenvalue weighted by molar-refractivity contribution is 6.07. The summed E-state index contributed by atoms with van der Waals surface area (Å²) in [6, 6.07) is 27.4. The van der Waals surface area contributed by atoms with Gasteiger partial charge in [0, 0.05) is 11.6 Å². The number of aromatic nitrogens is 1. The first kappa shape index (κ1) is 14.9. The summed E-state index contributed by atoms with van der Waals surface area (Å²) < 4.78 is 0. The van der Waals surface area contributed by atoms with Crippen LogP contribution in [0.1, 0.15) is 11.1 Å². The molecule has 0 N–H and O–H groups in total. The van der Waals surface area contributed by atoms with Crippen LogP contribution in [0.2, 0.25) is 0 Å². The van der Waals surface area contributed by atoms with Crippen molar-refractivity contribution < 1.29 is 0 Å². The molecule has 124 valence electrons. The fourth-order valence-electron chi connectivity index (χ4n) is 3.68. The van der Waals surface area contributed by atoms with Crippen molar-refractivity contribution in [1.82, 2.24) is 4.98 Å². The van der Waals surface area contributed by atoms with Gasteiger partial charge in [-0.2, -0.15) is 0 Å². The van der Waals surface area contributed by atoms with E-state index in [9.17, 15) is 0 Å². The van der Waals surface area contributed by atoms with Gasteiger partial charge in [0.25, 0.3) is 0 Å². The number of fused-ring (bicyclic) bond motifs is 3. The average Bonchev–Trinajstić information content (AvgIpc) is 2.74. The Kier molecular flexibility index (Phi) is 3.53. The van der Waals surface area contributed by atoms with Gasteiger partial charge in [0.15, 0.2) is 0 Å². The normalized spacial score (nSPS) is 13.0. The van der Waals surface area contributed by atoms with Crippen molar-refractivity contribution in [3.8, 4) is 11.1 Å². The summed E-state index contributed by atoms with van der Waals surface area (Å²) in [5.74, 6) is 0. The van der Waals surface area contributed by atoms with Crippen LogP contribution in [-0.4, -0.2) is 11.5 Å². The lowest BCUT2D eigenvalue weighted by molar-refractivity contribution is 1.34. The van der Waals surface area contributed by atoms with Gasteiger partial charge in [-0.1, -0.05) is 78.9 Å². The second-order valence-electron chi connectivity index (χ2n) is 6.41. The lowest BCUT2D eigenvalue weighted by atomic mass is 9.91. The second kappa shape index (κ2) is 6.16. The van der Waals surface area contributed by atoms with Crippen LogP contribution in [0, 0.1) is 0 Å². The van der Waals surface area contributed by atoms with Crippen molar-refractivity contribution in [3.05, 3.63) is 108 Å². The van der Waals surface area contributed by atoms with Gasteiger partial charge in [0.05, 0.1) is 5.52 Å². The first-order valence-electron chi connectivity index (χ1n) is 8.82. The third-order valence-electron chi connectivity index (χ3n) is 4.89. The van der Waals surface area contributed by atoms with Crippen LogP contribution in [0.25, 0.3) is 32.9 Å². The fourth-order valence-corrected chi connectivity index (χ4v) is 3.68. The minimum Gasteiger partial charge on any atom is -0.679 e. The Morgan fingerprint density at radius 2 is 1.42 bits per heavy atom. The summed E-state index contributed by atoms with van der Waals surface area (Å²) in [5, 5.41) is 5.94. The minimum absolute atomic E-state index is 0.688. The molecular weight excluding hydrogens is 316 g/mol. The predicted octanol–water partition coefficient (Wildman–Crippen LogP) is 6.35. The Morgan fingerprint density at radius 1 is 0.692 bits per heavy atom. The van der Waals surface area contributed by atoms with Gasteiger partial charge in [-0.25, -0.2) is 0 Å². The van der Waals surface area contributed by atoms with Crippen molar-refractivity contribution in [3.63, 3.8) is 0 Å². The van der Waals surface area contributed by atoms with Crippen LogP contribution in [-0.2, 0) is 0 Å². The molecule has 0 bridgehead atoms. The molecule has 0 radical (unpaired) electrons. The van der Waals surface area contributed by atoms with E-state index < -0.39 is 0 Å². The highest BCUT2D eigenvalue weighted by atomic mass is 14.9. The smallest absolute Gasteiger partial charge is 0.0565 e. The minimum atomic E-state index is 0.688. The SMILES string of the molecule is C1=C(c2ccccc2)c2ccc3c(-c4ccccc4)ccnc3c2[N-]C1. The summed E-state index contributed by atoms with van der Waals surface area (Å²) in [6.07, 6.45) is 4.09. The van der Waals surface area contributed by atoms with Crippen LogP contribution in [0.3, 0.4) is 0 Å². The Bertz CT molecular complexity index is 1110. The van der Waals surface area contributed by atoms with Crippen LogP contribution in [0.5, 0.6) is 0 Å². The molecule has 2 heterocycles. The van der Waals surface area contributed by atoms with E-state index in [0.29, 0.717) is 6.54 Å². The van der Waals surface area contributed by atoms with Crippen molar-refractivity contribution >= 4 is 22.2 Å². The number of hydrogen-bond acceptors (Lipinski definition) is 1. The quantitative estimate of drug-likeness (QED) is 0.420. The van der Waals surface area contributed by atoms with E-state index >= 15 is 0 Å². The zero-order valence-corrected chi connectivity index (χ0v) is 14.3. The number of nitrogens with zero attached hydrogens (tertiary/aromatic N) is 2. The Labute approximate surface area is 152 Å². The fraction of sp³-hybridized carbons (Fsp3) is 0.0417. The van der Waals surface area contributed by atoms with Gasteiger partial charge in [0.2, 0.25) is 0 Å². The lowest BCUT2D eigenvalue weighted by Crippen LogP contribution is -1.98. The topological polar surface area (TPSA) is 27.0 Å². The average molecular weight is 333 g/mol. The van der Waals surface area contributed by atoms with E-state index in [4.69, 9.17) is 5.32 Å². The van der Waals surface area contributed by atoms with Gasteiger partial charge >= 0.3 is 0 Å². The monoisotopic (exact) mass is 333 g/mol. The molecule has 26 heavy (non-hydrogen) atoms. The Hall–Kier alpha value is -3.39. The maximum absolute atomic E-state index is 4.79. The summed E-state index contributed by atoms with van der Waals surface area (Å²) in [4.78, 5) is 4.69. The molecule has 1 aliphatic rings. The molecule has 0 saturated carbocycles. The number of benzene rings is 3. The molecule has 0 saturated heterocycles. The zero-order valence-electron chi connectivity index (χ0n) is 14.3. The largest absolute Gasteiger partial charge is 0.679 e. The molecule has 4 aromatic rings. The molecule has 0 spiro atoms. The number of pyridine rings is 1. The third-order valence-corrected chi connectivity index (χ3v) is 4.89. The summed E-state index contributed by atoms with van der Waals surface area (Å²) in [5.41, 5.74) is 8.00. The maximum atomic E-state index is 4.79. The van der Waals surface area contributed by atoms with Crippen LogP contribution < -0.4 is 0 Å². The van der Waals surface area contributed by atoms with E-state index in [-0.39, 0.29) is 0 Å². The highest BCUT2D eigenvalue weighted by Gasteiger charge is 2.13. The zero-order chi connectivity index (χ0) is 17.3. The van der Waals surface area contributed by atoms with Gasteiger partial charge in [-0.3, -0.25) is 4.98 Å². The third kappa shape index (κ3) is 2.39. The van der Waals surface area contributed by atoms with Crippen molar-refractivity contribution in [2.75, 3.05) is 6.54 Å². The van der Waals surface area contributed by atoms with Crippen LogP contribution in [0.4, 0.5) is 5.69 Å². The molecule has 5 rings (SSSR count). The number of hydrogen-bond donors (Lipinski definition) is 0. The molecule has 1 aromatic heterocycles. The van der Waals surface area contributed by atoms with E-state index in [1.165, 1.54) is 22.3 Å². The summed E-state index contributed by atoms with van der Waals surface area (Å²) in [7, 11) is 0. The van der Waals surface area contributed by atoms with Crippen molar-refractivity contribution in [2.24, 2.45) is 0 Å². The van der Waals surface area contributed by atoms with Crippen molar-refractivity contribution in [1.29, 1.82) is 0 Å². The van der Waals surface area contributed by atoms with Gasteiger partial charge in [0.1, 0.15) is 0 Å².